The van der Waals surface area contributed by atoms with Crippen LogP contribution in [0.1, 0.15) is 42.3 Å². The number of carbonyl (C=O) groups excluding carboxylic acids is 2. The predicted octanol–water partition coefficient (Wildman–Crippen LogP) is 2.98. The van der Waals surface area contributed by atoms with E-state index in [1.807, 2.05) is 0 Å². The normalized spacial score (nSPS) is 17.8. The summed E-state index contributed by atoms with van der Waals surface area (Å²) in [7, 11) is 0. The van der Waals surface area contributed by atoms with E-state index in [4.69, 9.17) is 11.6 Å². The van der Waals surface area contributed by atoms with Gasteiger partial charge in [-0.05, 0) is 37.8 Å². The number of piperidine rings is 1. The molecule has 6 heteroatoms. The van der Waals surface area contributed by atoms with Gasteiger partial charge in [-0.3, -0.25) is 9.59 Å². The maximum Gasteiger partial charge on any atom is 0.223 e. The topological polar surface area (TPSA) is 57.6 Å². The number of rotatable bonds is 5. The molecule has 116 valence electrons. The van der Waals surface area contributed by atoms with Crippen LogP contribution in [0.4, 0.5) is 0 Å². The van der Waals surface area contributed by atoms with Crippen LogP contribution in [0.5, 0.6) is 0 Å². The van der Waals surface area contributed by atoms with Crippen LogP contribution in [-0.4, -0.2) is 40.9 Å². The summed E-state index contributed by atoms with van der Waals surface area (Å²) in [4.78, 5) is 26.4. The van der Waals surface area contributed by atoms with Gasteiger partial charge in [-0.2, -0.15) is 0 Å². The summed E-state index contributed by atoms with van der Waals surface area (Å²) < 4.78 is 0.588. The van der Waals surface area contributed by atoms with Gasteiger partial charge in [-0.1, -0.05) is 11.6 Å². The molecule has 1 amide bonds. The first kappa shape index (κ1) is 16.5. The van der Waals surface area contributed by atoms with Gasteiger partial charge in [0, 0.05) is 25.9 Å². The first-order valence-corrected chi connectivity index (χ1v) is 8.41. The van der Waals surface area contributed by atoms with E-state index in [-0.39, 0.29) is 36.6 Å². The highest BCUT2D eigenvalue weighted by molar-refractivity contribution is 7.18. The summed E-state index contributed by atoms with van der Waals surface area (Å²) in [5.41, 5.74) is 0. The van der Waals surface area contributed by atoms with E-state index in [1.165, 1.54) is 11.3 Å². The first-order chi connectivity index (χ1) is 9.97. The van der Waals surface area contributed by atoms with Gasteiger partial charge in [-0.15, -0.1) is 11.3 Å². The largest absolute Gasteiger partial charge is 0.393 e. The number of amides is 1. The number of Topliss-reactive ketones (excluding diaryl/α,β-unsaturated/α-hetero) is 1. The third-order valence-electron chi connectivity index (χ3n) is 3.99. The quantitative estimate of drug-likeness (QED) is 0.845. The number of hydrogen-bond acceptors (Lipinski definition) is 4. The van der Waals surface area contributed by atoms with Gasteiger partial charge in [0.1, 0.15) is 0 Å². The summed E-state index contributed by atoms with van der Waals surface area (Å²) in [5, 5.41) is 9.55. The molecule has 1 aliphatic rings. The van der Waals surface area contributed by atoms with Crippen LogP contribution in [0.2, 0.25) is 4.34 Å². The minimum absolute atomic E-state index is 0.0232. The van der Waals surface area contributed by atoms with Crippen molar-refractivity contribution in [3.8, 4) is 0 Å². The number of thiophene rings is 1. The SMILES string of the molecule is CC(O)C1CCN(C(=O)CCC(=O)c2ccc(Cl)s2)CC1. The number of ketones is 1. The number of hydrogen-bond donors (Lipinski definition) is 1. The lowest BCUT2D eigenvalue weighted by Gasteiger charge is -2.33. The maximum atomic E-state index is 12.1. The Morgan fingerprint density at radius 2 is 2.05 bits per heavy atom. The van der Waals surface area contributed by atoms with Crippen molar-refractivity contribution in [3.63, 3.8) is 0 Å². The van der Waals surface area contributed by atoms with Gasteiger partial charge in [0.25, 0.3) is 0 Å². The van der Waals surface area contributed by atoms with Crippen LogP contribution in [-0.2, 0) is 4.79 Å². The van der Waals surface area contributed by atoms with Crippen LogP contribution in [0.3, 0.4) is 0 Å². The van der Waals surface area contributed by atoms with Crippen LogP contribution in [0.15, 0.2) is 12.1 Å². The van der Waals surface area contributed by atoms with E-state index in [1.54, 1.807) is 24.0 Å². The van der Waals surface area contributed by atoms with E-state index >= 15 is 0 Å². The Morgan fingerprint density at radius 3 is 2.57 bits per heavy atom. The second-order valence-electron chi connectivity index (χ2n) is 5.49. The van der Waals surface area contributed by atoms with Gasteiger partial charge in [-0.25, -0.2) is 0 Å². The number of likely N-dealkylation sites (tertiary alicyclic amines) is 1. The van der Waals surface area contributed by atoms with Crippen LogP contribution in [0.25, 0.3) is 0 Å². The highest BCUT2D eigenvalue weighted by Gasteiger charge is 2.25. The molecule has 1 aromatic heterocycles. The van der Waals surface area contributed by atoms with Crippen molar-refractivity contribution in [3.05, 3.63) is 21.3 Å². The molecule has 0 aliphatic carbocycles. The Kier molecular flexibility index (Phi) is 5.79. The number of nitrogens with zero attached hydrogens (tertiary/aromatic N) is 1. The molecule has 0 radical (unpaired) electrons. The molecule has 2 heterocycles. The van der Waals surface area contributed by atoms with E-state index < -0.39 is 0 Å². The second-order valence-corrected chi connectivity index (χ2v) is 7.20. The number of aliphatic hydroxyl groups is 1. The van der Waals surface area contributed by atoms with E-state index in [0.29, 0.717) is 22.3 Å². The molecule has 1 unspecified atom stereocenters. The highest BCUT2D eigenvalue weighted by Crippen LogP contribution is 2.24. The molecule has 0 bridgehead atoms. The molecule has 0 aromatic carbocycles. The molecule has 21 heavy (non-hydrogen) atoms. The fourth-order valence-electron chi connectivity index (χ4n) is 2.60. The minimum atomic E-state index is -0.313. The second kappa shape index (κ2) is 7.38. The molecule has 1 atom stereocenters. The monoisotopic (exact) mass is 329 g/mol. The molecular weight excluding hydrogens is 310 g/mol. The van der Waals surface area contributed by atoms with Gasteiger partial charge in [0.2, 0.25) is 5.91 Å². The molecule has 1 aromatic rings. The molecule has 0 saturated carbocycles. The van der Waals surface area contributed by atoms with Gasteiger partial charge < -0.3 is 10.0 Å². The molecule has 1 N–H and O–H groups in total. The summed E-state index contributed by atoms with van der Waals surface area (Å²) >= 11 is 7.05. The van der Waals surface area contributed by atoms with Crippen molar-refractivity contribution < 1.29 is 14.7 Å². The molecule has 4 nitrogen and oxygen atoms in total. The summed E-state index contributed by atoms with van der Waals surface area (Å²) in [6, 6.07) is 3.40. The zero-order valence-electron chi connectivity index (χ0n) is 12.0. The zero-order chi connectivity index (χ0) is 15.4. The molecule has 2 rings (SSSR count). The van der Waals surface area contributed by atoms with Crippen LogP contribution in [0, 0.1) is 5.92 Å². The van der Waals surface area contributed by atoms with Gasteiger partial charge in [0.05, 0.1) is 15.3 Å². The number of halogens is 1. The Labute approximate surface area is 133 Å². The predicted molar refractivity (Wildman–Crippen MR) is 83.9 cm³/mol. The third kappa shape index (κ3) is 4.53. The molecular formula is C15H20ClNO3S. The van der Waals surface area contributed by atoms with Crippen molar-refractivity contribution in [1.82, 2.24) is 4.90 Å². The third-order valence-corrected chi connectivity index (χ3v) is 5.26. The number of carbonyl (C=O) groups is 2. The van der Waals surface area contributed by atoms with Gasteiger partial charge in [0.15, 0.2) is 5.78 Å². The molecule has 1 aliphatic heterocycles. The number of aliphatic hydroxyl groups excluding tert-OH is 1. The summed E-state index contributed by atoms with van der Waals surface area (Å²) in [5.74, 6) is 0.276. The Balaban J connectivity index is 1.76. The van der Waals surface area contributed by atoms with E-state index in [0.717, 1.165) is 12.8 Å². The molecule has 1 saturated heterocycles. The standard InChI is InChI=1S/C15H20ClNO3S/c1-10(18)11-6-8-17(9-7-11)15(20)5-2-12(19)13-3-4-14(16)21-13/h3-4,10-11,18H,2,5-9H2,1H3. The van der Waals surface area contributed by atoms with Crippen molar-refractivity contribution in [2.75, 3.05) is 13.1 Å². The van der Waals surface area contributed by atoms with Crippen molar-refractivity contribution >= 4 is 34.6 Å². The first-order valence-electron chi connectivity index (χ1n) is 7.21. The molecule has 0 spiro atoms. The Hall–Kier alpha value is -0.910. The highest BCUT2D eigenvalue weighted by atomic mass is 35.5. The van der Waals surface area contributed by atoms with Crippen molar-refractivity contribution in [2.24, 2.45) is 5.92 Å². The Morgan fingerprint density at radius 1 is 1.38 bits per heavy atom. The van der Waals surface area contributed by atoms with Gasteiger partial charge >= 0.3 is 0 Å². The summed E-state index contributed by atoms with van der Waals surface area (Å²) in [6.07, 6.45) is 1.82. The fourth-order valence-corrected chi connectivity index (χ4v) is 3.61. The lowest BCUT2D eigenvalue weighted by Crippen LogP contribution is -2.40. The lowest BCUT2D eigenvalue weighted by molar-refractivity contribution is -0.133. The average molecular weight is 330 g/mol. The average Bonchev–Trinajstić information content (AvgIpc) is 2.91. The lowest BCUT2D eigenvalue weighted by atomic mass is 9.92. The van der Waals surface area contributed by atoms with E-state index in [2.05, 4.69) is 0 Å². The summed E-state index contributed by atoms with van der Waals surface area (Å²) in [6.45, 7) is 3.15. The van der Waals surface area contributed by atoms with Crippen molar-refractivity contribution in [1.29, 1.82) is 0 Å². The smallest absolute Gasteiger partial charge is 0.223 e. The van der Waals surface area contributed by atoms with Crippen LogP contribution >= 0.6 is 22.9 Å². The van der Waals surface area contributed by atoms with E-state index in [9.17, 15) is 14.7 Å². The minimum Gasteiger partial charge on any atom is -0.393 e. The molecule has 1 fully saturated rings. The maximum absolute atomic E-state index is 12.1. The van der Waals surface area contributed by atoms with Crippen LogP contribution < -0.4 is 0 Å². The van der Waals surface area contributed by atoms with Crippen molar-refractivity contribution in [2.45, 2.75) is 38.7 Å². The zero-order valence-corrected chi connectivity index (χ0v) is 13.6. The Bertz CT molecular complexity index is 507. The fraction of sp³-hybridized carbons (Fsp3) is 0.600.